The average Bonchev–Trinajstić information content (AvgIpc) is 2.57. The van der Waals surface area contributed by atoms with E-state index in [1.165, 1.54) is 0 Å². The van der Waals surface area contributed by atoms with Gasteiger partial charge in [-0.25, -0.2) is 0 Å². The predicted molar refractivity (Wildman–Crippen MR) is 101 cm³/mol. The molecule has 0 fully saturated rings. The summed E-state index contributed by atoms with van der Waals surface area (Å²) in [4.78, 5) is 25.8. The van der Waals surface area contributed by atoms with Crippen LogP contribution in [0.3, 0.4) is 0 Å². The lowest BCUT2D eigenvalue weighted by Crippen LogP contribution is -2.20. The molecule has 0 aliphatic heterocycles. The molecule has 2 rings (SSSR count). The molecule has 2 aromatic rings. The molecule has 0 heterocycles. The molecular formula is C19H24N4O2. The van der Waals surface area contributed by atoms with Crippen LogP contribution in [0.2, 0.25) is 0 Å². The van der Waals surface area contributed by atoms with Crippen molar-refractivity contribution in [1.82, 2.24) is 4.90 Å². The molecule has 0 saturated carbocycles. The van der Waals surface area contributed by atoms with Crippen LogP contribution in [-0.4, -0.2) is 37.4 Å². The van der Waals surface area contributed by atoms with Crippen molar-refractivity contribution >= 4 is 28.9 Å². The minimum absolute atomic E-state index is 0.0335. The summed E-state index contributed by atoms with van der Waals surface area (Å²) in [5, 5.41) is 5.67. The SMILES string of the molecule is CN(C)CCC(=O)Nc1ccc(NC(=O)Cc2ccc(N)cc2)cc1. The van der Waals surface area contributed by atoms with Gasteiger partial charge in [0.15, 0.2) is 0 Å². The number of carbonyl (C=O) groups excluding carboxylic acids is 2. The van der Waals surface area contributed by atoms with Crippen LogP contribution in [0.15, 0.2) is 48.5 Å². The Balaban J connectivity index is 1.84. The highest BCUT2D eigenvalue weighted by atomic mass is 16.2. The van der Waals surface area contributed by atoms with E-state index in [1.807, 2.05) is 31.1 Å². The molecule has 0 aliphatic rings. The van der Waals surface area contributed by atoms with E-state index >= 15 is 0 Å². The zero-order valence-corrected chi connectivity index (χ0v) is 14.6. The van der Waals surface area contributed by atoms with Crippen molar-refractivity contribution in [3.8, 4) is 0 Å². The van der Waals surface area contributed by atoms with Gasteiger partial charge in [-0.05, 0) is 56.1 Å². The molecule has 6 heteroatoms. The number of nitrogen functional groups attached to an aromatic ring is 1. The first-order chi connectivity index (χ1) is 11.9. The molecule has 0 spiro atoms. The van der Waals surface area contributed by atoms with Crippen LogP contribution in [0, 0.1) is 0 Å². The second-order valence-electron chi connectivity index (χ2n) is 6.15. The monoisotopic (exact) mass is 340 g/mol. The molecular weight excluding hydrogens is 316 g/mol. The zero-order valence-electron chi connectivity index (χ0n) is 14.6. The van der Waals surface area contributed by atoms with Gasteiger partial charge in [0.05, 0.1) is 6.42 Å². The Morgan fingerprint density at radius 2 is 1.40 bits per heavy atom. The highest BCUT2D eigenvalue weighted by Crippen LogP contribution is 2.14. The fraction of sp³-hybridized carbons (Fsp3) is 0.263. The fourth-order valence-corrected chi connectivity index (χ4v) is 2.21. The molecule has 0 atom stereocenters. The van der Waals surface area contributed by atoms with E-state index in [-0.39, 0.29) is 18.2 Å². The highest BCUT2D eigenvalue weighted by molar-refractivity contribution is 5.93. The molecule has 0 bridgehead atoms. The van der Waals surface area contributed by atoms with Gasteiger partial charge in [-0.2, -0.15) is 0 Å². The number of nitrogens with two attached hydrogens (primary N) is 1. The highest BCUT2D eigenvalue weighted by Gasteiger charge is 2.06. The van der Waals surface area contributed by atoms with Crippen LogP contribution in [0.5, 0.6) is 0 Å². The number of nitrogens with one attached hydrogen (secondary N) is 2. The minimum atomic E-state index is -0.104. The van der Waals surface area contributed by atoms with E-state index in [0.717, 1.165) is 5.56 Å². The largest absolute Gasteiger partial charge is 0.399 e. The van der Waals surface area contributed by atoms with E-state index in [4.69, 9.17) is 5.73 Å². The Morgan fingerprint density at radius 1 is 0.880 bits per heavy atom. The van der Waals surface area contributed by atoms with Crippen molar-refractivity contribution < 1.29 is 9.59 Å². The van der Waals surface area contributed by atoms with Gasteiger partial charge >= 0.3 is 0 Å². The van der Waals surface area contributed by atoms with Crippen LogP contribution in [0.25, 0.3) is 0 Å². The van der Waals surface area contributed by atoms with E-state index in [9.17, 15) is 9.59 Å². The smallest absolute Gasteiger partial charge is 0.228 e. The molecule has 132 valence electrons. The second-order valence-corrected chi connectivity index (χ2v) is 6.15. The maximum Gasteiger partial charge on any atom is 0.228 e. The van der Waals surface area contributed by atoms with Gasteiger partial charge in [-0.1, -0.05) is 12.1 Å². The number of hydrogen-bond acceptors (Lipinski definition) is 4. The van der Waals surface area contributed by atoms with Crippen molar-refractivity contribution in [2.24, 2.45) is 0 Å². The summed E-state index contributed by atoms with van der Waals surface area (Å²) in [6.07, 6.45) is 0.719. The summed E-state index contributed by atoms with van der Waals surface area (Å²) in [5.74, 6) is -0.138. The second kappa shape index (κ2) is 8.84. The molecule has 0 aromatic heterocycles. The first kappa shape index (κ1) is 18.5. The standard InChI is InChI=1S/C19H24N4O2/c1-23(2)12-11-18(24)21-16-7-9-17(10-8-16)22-19(25)13-14-3-5-15(20)6-4-14/h3-10H,11-13,20H2,1-2H3,(H,21,24)(H,22,25). The van der Waals surface area contributed by atoms with Crippen LogP contribution in [0.1, 0.15) is 12.0 Å². The van der Waals surface area contributed by atoms with Gasteiger partial charge in [0.25, 0.3) is 0 Å². The fourth-order valence-electron chi connectivity index (χ4n) is 2.21. The number of hydrogen-bond donors (Lipinski definition) is 3. The molecule has 25 heavy (non-hydrogen) atoms. The number of carbonyl (C=O) groups is 2. The average molecular weight is 340 g/mol. The summed E-state index contributed by atoms with van der Waals surface area (Å²) >= 11 is 0. The third-order valence-corrected chi connectivity index (χ3v) is 3.58. The van der Waals surface area contributed by atoms with Crippen molar-refractivity contribution in [2.75, 3.05) is 37.0 Å². The molecule has 0 unspecified atom stereocenters. The van der Waals surface area contributed by atoms with E-state index < -0.39 is 0 Å². The van der Waals surface area contributed by atoms with Gasteiger partial charge in [-0.3, -0.25) is 9.59 Å². The van der Waals surface area contributed by atoms with Crippen molar-refractivity contribution in [3.05, 3.63) is 54.1 Å². The number of benzene rings is 2. The lowest BCUT2D eigenvalue weighted by molar-refractivity contribution is -0.116. The molecule has 2 aromatic carbocycles. The number of nitrogens with zero attached hydrogens (tertiary/aromatic N) is 1. The normalized spacial score (nSPS) is 10.5. The predicted octanol–water partition coefficient (Wildman–Crippen LogP) is 2.34. The lowest BCUT2D eigenvalue weighted by atomic mass is 10.1. The maximum atomic E-state index is 12.1. The first-order valence-electron chi connectivity index (χ1n) is 8.11. The van der Waals surface area contributed by atoms with Crippen molar-refractivity contribution in [3.63, 3.8) is 0 Å². The summed E-state index contributed by atoms with van der Waals surface area (Å²) in [7, 11) is 3.85. The summed E-state index contributed by atoms with van der Waals surface area (Å²) in [6.45, 7) is 0.700. The van der Waals surface area contributed by atoms with Gasteiger partial charge in [0.2, 0.25) is 11.8 Å². The maximum absolute atomic E-state index is 12.1. The van der Waals surface area contributed by atoms with Crippen molar-refractivity contribution in [2.45, 2.75) is 12.8 Å². The lowest BCUT2D eigenvalue weighted by Gasteiger charge is -2.10. The van der Waals surface area contributed by atoms with Gasteiger partial charge in [0, 0.05) is 30.0 Å². The quantitative estimate of drug-likeness (QED) is 0.675. The summed E-state index contributed by atoms with van der Waals surface area (Å²) in [5.41, 5.74) is 8.60. The van der Waals surface area contributed by atoms with Crippen LogP contribution >= 0.6 is 0 Å². The number of amides is 2. The first-order valence-corrected chi connectivity index (χ1v) is 8.11. The van der Waals surface area contributed by atoms with Gasteiger partial charge < -0.3 is 21.3 Å². The minimum Gasteiger partial charge on any atom is -0.399 e. The summed E-state index contributed by atoms with van der Waals surface area (Å²) < 4.78 is 0. The van der Waals surface area contributed by atoms with Gasteiger partial charge in [0.1, 0.15) is 0 Å². The molecule has 0 saturated heterocycles. The van der Waals surface area contributed by atoms with Gasteiger partial charge in [-0.15, -0.1) is 0 Å². The Kier molecular flexibility index (Phi) is 6.54. The Bertz CT molecular complexity index is 709. The van der Waals surface area contributed by atoms with E-state index in [0.29, 0.717) is 30.0 Å². The molecule has 0 radical (unpaired) electrons. The molecule has 6 nitrogen and oxygen atoms in total. The number of anilines is 3. The molecule has 4 N–H and O–H groups in total. The Labute approximate surface area is 148 Å². The molecule has 0 aliphatic carbocycles. The van der Waals surface area contributed by atoms with Crippen molar-refractivity contribution in [1.29, 1.82) is 0 Å². The Hall–Kier alpha value is -2.86. The third kappa shape index (κ3) is 6.64. The van der Waals surface area contributed by atoms with Crippen LogP contribution in [0.4, 0.5) is 17.1 Å². The number of rotatable bonds is 7. The zero-order chi connectivity index (χ0) is 18.2. The topological polar surface area (TPSA) is 87.5 Å². The van der Waals surface area contributed by atoms with E-state index in [2.05, 4.69) is 10.6 Å². The summed E-state index contributed by atoms with van der Waals surface area (Å²) in [6, 6.07) is 14.3. The van der Waals surface area contributed by atoms with Crippen LogP contribution < -0.4 is 16.4 Å². The third-order valence-electron chi connectivity index (χ3n) is 3.58. The van der Waals surface area contributed by atoms with Crippen LogP contribution in [-0.2, 0) is 16.0 Å². The molecule has 2 amide bonds. The Morgan fingerprint density at radius 3 is 1.92 bits per heavy atom. The van der Waals surface area contributed by atoms with E-state index in [1.54, 1.807) is 36.4 Å².